The highest BCUT2D eigenvalue weighted by atomic mass is 16.5. The van der Waals surface area contributed by atoms with Gasteiger partial charge in [0.2, 0.25) is 0 Å². The van der Waals surface area contributed by atoms with Crippen LogP contribution < -0.4 is 4.74 Å². The van der Waals surface area contributed by atoms with E-state index >= 15 is 0 Å². The van der Waals surface area contributed by atoms with Crippen LogP contribution in [-0.2, 0) is 0 Å². The molecule has 1 aliphatic carbocycles. The molecule has 0 radical (unpaired) electrons. The second-order valence-electron chi connectivity index (χ2n) is 5.40. The Hall–Kier alpha value is -1.90. The van der Waals surface area contributed by atoms with Gasteiger partial charge in [-0.25, -0.2) is 9.97 Å². The normalized spacial score (nSPS) is 16.1. The number of rotatable bonds is 3. The van der Waals surface area contributed by atoms with E-state index in [1.807, 2.05) is 0 Å². The maximum absolute atomic E-state index is 5.08. The zero-order valence-electron chi connectivity index (χ0n) is 11.9. The van der Waals surface area contributed by atoms with Crippen molar-refractivity contribution in [1.82, 2.24) is 9.97 Å². The Morgan fingerprint density at radius 1 is 0.950 bits per heavy atom. The van der Waals surface area contributed by atoms with E-state index in [0.717, 1.165) is 17.3 Å². The summed E-state index contributed by atoms with van der Waals surface area (Å²) in [6.07, 6.45) is 10.2. The fraction of sp³-hybridized carbons (Fsp3) is 0.412. The van der Waals surface area contributed by atoms with E-state index in [0.29, 0.717) is 5.75 Å². The molecule has 0 N–H and O–H groups in total. The Bertz CT molecular complexity index is 542. The molecule has 1 heterocycles. The highest BCUT2D eigenvalue weighted by Crippen LogP contribution is 2.33. The van der Waals surface area contributed by atoms with Crippen LogP contribution in [0.1, 0.15) is 43.6 Å². The van der Waals surface area contributed by atoms with Crippen LogP contribution >= 0.6 is 0 Å². The molecule has 0 atom stereocenters. The van der Waals surface area contributed by atoms with Crippen LogP contribution in [-0.4, -0.2) is 17.1 Å². The van der Waals surface area contributed by atoms with Crippen molar-refractivity contribution < 1.29 is 4.74 Å². The van der Waals surface area contributed by atoms with E-state index in [4.69, 9.17) is 4.74 Å². The lowest BCUT2D eigenvalue weighted by Crippen LogP contribution is -2.04. The molecule has 0 bridgehead atoms. The van der Waals surface area contributed by atoms with Gasteiger partial charge in [-0.05, 0) is 24.3 Å². The molecule has 0 amide bonds. The highest BCUT2D eigenvalue weighted by Gasteiger charge is 2.15. The van der Waals surface area contributed by atoms with E-state index in [9.17, 15) is 0 Å². The average molecular weight is 268 g/mol. The number of aromatic nitrogens is 2. The van der Waals surface area contributed by atoms with E-state index in [1.165, 1.54) is 37.7 Å². The first-order valence-electron chi connectivity index (χ1n) is 7.33. The van der Waals surface area contributed by atoms with E-state index in [-0.39, 0.29) is 0 Å². The van der Waals surface area contributed by atoms with Crippen LogP contribution in [0.2, 0.25) is 0 Å². The number of hydrogen-bond acceptors (Lipinski definition) is 3. The molecule has 20 heavy (non-hydrogen) atoms. The summed E-state index contributed by atoms with van der Waals surface area (Å²) >= 11 is 0. The number of benzene rings is 1. The highest BCUT2D eigenvalue weighted by molar-refractivity contribution is 5.55. The SMILES string of the molecule is COc1cnc(-c2ccc(C3CCCCC3)cc2)nc1. The molecule has 1 fully saturated rings. The van der Waals surface area contributed by atoms with Crippen molar-refractivity contribution in [3.63, 3.8) is 0 Å². The van der Waals surface area contributed by atoms with Crippen molar-refractivity contribution in [2.75, 3.05) is 7.11 Å². The molecule has 104 valence electrons. The largest absolute Gasteiger partial charge is 0.494 e. The van der Waals surface area contributed by atoms with Crippen molar-refractivity contribution in [3.05, 3.63) is 42.2 Å². The minimum atomic E-state index is 0.688. The third kappa shape index (κ3) is 2.82. The summed E-state index contributed by atoms with van der Waals surface area (Å²) in [7, 11) is 1.62. The summed E-state index contributed by atoms with van der Waals surface area (Å²) < 4.78 is 5.08. The van der Waals surface area contributed by atoms with Gasteiger partial charge in [0.05, 0.1) is 19.5 Å². The standard InChI is InChI=1S/C17H20N2O/c1-20-16-11-18-17(19-12-16)15-9-7-14(8-10-15)13-5-3-2-4-6-13/h7-13H,2-6H2,1H3. The predicted octanol–water partition coefficient (Wildman–Crippen LogP) is 4.20. The first kappa shape index (κ1) is 13.1. The van der Waals surface area contributed by atoms with Crippen molar-refractivity contribution in [1.29, 1.82) is 0 Å². The van der Waals surface area contributed by atoms with Crippen LogP contribution in [0.15, 0.2) is 36.7 Å². The summed E-state index contributed by atoms with van der Waals surface area (Å²) in [6, 6.07) is 8.73. The van der Waals surface area contributed by atoms with Gasteiger partial charge in [0.1, 0.15) is 0 Å². The molecule has 0 saturated heterocycles. The van der Waals surface area contributed by atoms with E-state index < -0.39 is 0 Å². The first-order chi connectivity index (χ1) is 9.86. The maximum Gasteiger partial charge on any atom is 0.159 e. The molecule has 2 aromatic rings. The van der Waals surface area contributed by atoms with Gasteiger partial charge in [-0.3, -0.25) is 0 Å². The van der Waals surface area contributed by atoms with Crippen molar-refractivity contribution in [2.24, 2.45) is 0 Å². The molecule has 1 aromatic carbocycles. The third-order valence-corrected chi connectivity index (χ3v) is 4.11. The van der Waals surface area contributed by atoms with Crippen LogP contribution in [0.4, 0.5) is 0 Å². The van der Waals surface area contributed by atoms with Crippen LogP contribution in [0.3, 0.4) is 0 Å². The fourth-order valence-corrected chi connectivity index (χ4v) is 2.91. The topological polar surface area (TPSA) is 35.0 Å². The molecule has 1 aromatic heterocycles. The third-order valence-electron chi connectivity index (χ3n) is 4.11. The minimum absolute atomic E-state index is 0.688. The van der Waals surface area contributed by atoms with Gasteiger partial charge in [0.15, 0.2) is 11.6 Å². The summed E-state index contributed by atoms with van der Waals surface area (Å²) in [5, 5.41) is 0. The van der Waals surface area contributed by atoms with Gasteiger partial charge in [-0.2, -0.15) is 0 Å². The minimum Gasteiger partial charge on any atom is -0.494 e. The van der Waals surface area contributed by atoms with E-state index in [1.54, 1.807) is 19.5 Å². The smallest absolute Gasteiger partial charge is 0.159 e. The molecule has 0 unspecified atom stereocenters. The lowest BCUT2D eigenvalue weighted by molar-refractivity contribution is 0.411. The van der Waals surface area contributed by atoms with Crippen molar-refractivity contribution in [3.8, 4) is 17.1 Å². The summed E-state index contributed by atoms with van der Waals surface area (Å²) in [5.41, 5.74) is 2.52. The average Bonchev–Trinajstić information content (AvgIpc) is 2.56. The Balaban J connectivity index is 1.77. The second kappa shape index (κ2) is 6.04. The maximum atomic E-state index is 5.08. The zero-order chi connectivity index (χ0) is 13.8. The predicted molar refractivity (Wildman–Crippen MR) is 79.8 cm³/mol. The van der Waals surface area contributed by atoms with Gasteiger partial charge in [-0.15, -0.1) is 0 Å². The molecule has 3 rings (SSSR count). The lowest BCUT2D eigenvalue weighted by Gasteiger charge is -2.22. The molecule has 0 aliphatic heterocycles. The van der Waals surface area contributed by atoms with Gasteiger partial charge < -0.3 is 4.74 Å². The Morgan fingerprint density at radius 3 is 2.20 bits per heavy atom. The van der Waals surface area contributed by atoms with Gasteiger partial charge in [0.25, 0.3) is 0 Å². The number of ether oxygens (including phenoxy) is 1. The Kier molecular flexibility index (Phi) is 3.95. The summed E-state index contributed by atoms with van der Waals surface area (Å²) in [6.45, 7) is 0. The van der Waals surface area contributed by atoms with Gasteiger partial charge >= 0.3 is 0 Å². The summed E-state index contributed by atoms with van der Waals surface area (Å²) in [4.78, 5) is 8.65. The summed E-state index contributed by atoms with van der Waals surface area (Å²) in [5.74, 6) is 2.18. The van der Waals surface area contributed by atoms with Crippen LogP contribution in [0, 0.1) is 0 Å². The fourth-order valence-electron chi connectivity index (χ4n) is 2.91. The lowest BCUT2D eigenvalue weighted by atomic mass is 9.84. The number of nitrogens with zero attached hydrogens (tertiary/aromatic N) is 2. The van der Waals surface area contributed by atoms with Crippen LogP contribution in [0.5, 0.6) is 5.75 Å². The van der Waals surface area contributed by atoms with Crippen LogP contribution in [0.25, 0.3) is 11.4 Å². The van der Waals surface area contributed by atoms with Gasteiger partial charge in [-0.1, -0.05) is 43.5 Å². The Labute approximate surface area is 120 Å². The Morgan fingerprint density at radius 2 is 1.60 bits per heavy atom. The molecule has 3 nitrogen and oxygen atoms in total. The first-order valence-corrected chi connectivity index (χ1v) is 7.33. The molecular weight excluding hydrogens is 248 g/mol. The quantitative estimate of drug-likeness (QED) is 0.836. The zero-order valence-corrected chi connectivity index (χ0v) is 11.9. The molecule has 1 saturated carbocycles. The number of hydrogen-bond donors (Lipinski definition) is 0. The number of methoxy groups -OCH3 is 1. The molecular formula is C17H20N2O. The second-order valence-corrected chi connectivity index (χ2v) is 5.40. The van der Waals surface area contributed by atoms with E-state index in [2.05, 4.69) is 34.2 Å². The van der Waals surface area contributed by atoms with Crippen molar-refractivity contribution in [2.45, 2.75) is 38.0 Å². The monoisotopic (exact) mass is 268 g/mol. The van der Waals surface area contributed by atoms with Gasteiger partial charge in [0, 0.05) is 5.56 Å². The van der Waals surface area contributed by atoms with Crippen molar-refractivity contribution >= 4 is 0 Å². The molecule has 3 heteroatoms. The molecule has 1 aliphatic rings. The molecule has 0 spiro atoms.